The Morgan fingerprint density at radius 2 is 1.41 bits per heavy atom. The van der Waals surface area contributed by atoms with Gasteiger partial charge in [0.05, 0.1) is 0 Å². The lowest BCUT2D eigenvalue weighted by Gasteiger charge is -2.16. The molecular weight excluding hydrogens is 440 g/mol. The van der Waals surface area contributed by atoms with Crippen LogP contribution in [0.2, 0.25) is 26.2 Å². The predicted molar refractivity (Wildman–Crippen MR) is 150 cm³/mol. The second-order valence-electron chi connectivity index (χ2n) is 10.0. The van der Waals surface area contributed by atoms with Gasteiger partial charge in [0.25, 0.3) is 0 Å². The molecule has 0 atom stereocenters. The van der Waals surface area contributed by atoms with Crippen LogP contribution < -0.4 is 21.3 Å². The smallest absolute Gasteiger partial charge is 0.323 e. The molecule has 0 aliphatic carbocycles. The Morgan fingerprint density at radius 3 is 1.94 bits per heavy atom. The van der Waals surface area contributed by atoms with Crippen molar-refractivity contribution in [1.29, 1.82) is 0 Å². The number of amides is 4. The van der Waals surface area contributed by atoms with Crippen LogP contribution in [-0.4, -0.2) is 26.7 Å². The summed E-state index contributed by atoms with van der Waals surface area (Å²) < 4.78 is 0. The quantitative estimate of drug-likeness (QED) is 0.229. The Hall–Kier alpha value is -2.80. The van der Waals surface area contributed by atoms with E-state index in [-0.39, 0.29) is 12.1 Å². The zero-order valence-corrected chi connectivity index (χ0v) is 23.3. The van der Waals surface area contributed by atoms with Gasteiger partial charge >= 0.3 is 12.1 Å². The molecule has 0 aromatic heterocycles. The minimum absolute atomic E-state index is 0.243. The van der Waals surface area contributed by atoms with Crippen LogP contribution in [-0.2, 0) is 12.8 Å². The number of hydrogen-bond donors (Lipinski definition) is 4. The highest BCUT2D eigenvalue weighted by atomic mass is 28.3. The molecule has 0 heterocycles. The maximum atomic E-state index is 12.6. The third-order valence-corrected chi connectivity index (χ3v) is 4.80. The number of rotatable bonds is 8. The van der Waals surface area contributed by atoms with Crippen LogP contribution in [0.25, 0.3) is 0 Å². The maximum Gasteiger partial charge on any atom is 0.323 e. The molecule has 2 aromatic carbocycles. The number of carbonyl (C=O) groups is 2. The van der Waals surface area contributed by atoms with E-state index < -0.39 is 8.07 Å². The van der Waals surface area contributed by atoms with Gasteiger partial charge in [0.15, 0.2) is 0 Å². The summed E-state index contributed by atoms with van der Waals surface area (Å²) in [5.41, 5.74) is 5.29. The van der Waals surface area contributed by atoms with E-state index in [1.54, 1.807) is 6.07 Å². The predicted octanol–water partition coefficient (Wildman–Crippen LogP) is 7.64. The van der Waals surface area contributed by atoms with Crippen LogP contribution in [0.3, 0.4) is 0 Å². The Morgan fingerprint density at radius 1 is 0.824 bits per heavy atom. The van der Waals surface area contributed by atoms with Crippen LogP contribution in [0.4, 0.5) is 26.7 Å². The highest BCUT2D eigenvalue weighted by molar-refractivity contribution is 6.74. The number of carbonyl (C=O) groups excluding carboxylic acids is 2. The first-order valence-electron chi connectivity index (χ1n) is 12.3. The standard InChI is InChI=1S/C23H32N4O2.C4H12Si/c1-5-8-14-24-22(28)26-20-15-19(13-12-16(20)4)25-23(29)27-21-17(6-2)10-9-11-18(21)7-3;1-5(2,3)4/h9-13,15H,5-8,14H2,1-4H3,(H2,24,26,28)(H2,25,27,29);1-4H3. The number of urea groups is 2. The average molecular weight is 485 g/mol. The molecule has 34 heavy (non-hydrogen) atoms. The number of anilines is 3. The molecular formula is C27H44N4O2Si. The van der Waals surface area contributed by atoms with Gasteiger partial charge in [-0.05, 0) is 55.0 Å². The lowest BCUT2D eigenvalue weighted by Crippen LogP contribution is -2.29. The minimum Gasteiger partial charge on any atom is -0.338 e. The van der Waals surface area contributed by atoms with Crippen LogP contribution >= 0.6 is 0 Å². The van der Waals surface area contributed by atoms with E-state index in [2.05, 4.69) is 68.2 Å². The summed E-state index contributed by atoms with van der Waals surface area (Å²) in [6.07, 6.45) is 3.65. The zero-order chi connectivity index (χ0) is 25.7. The van der Waals surface area contributed by atoms with Gasteiger partial charge in [-0.25, -0.2) is 9.59 Å². The molecule has 2 aromatic rings. The molecule has 0 radical (unpaired) electrons. The summed E-state index contributed by atoms with van der Waals surface area (Å²) in [5, 5.41) is 11.5. The molecule has 2 rings (SSSR count). The fourth-order valence-corrected chi connectivity index (χ4v) is 3.06. The second kappa shape index (κ2) is 14.5. The summed E-state index contributed by atoms with van der Waals surface area (Å²) in [6, 6.07) is 11.0. The molecule has 0 spiro atoms. The Kier molecular flexibility index (Phi) is 12.4. The summed E-state index contributed by atoms with van der Waals surface area (Å²) in [4.78, 5) is 24.6. The molecule has 188 valence electrons. The van der Waals surface area contributed by atoms with Crippen molar-refractivity contribution >= 4 is 37.2 Å². The van der Waals surface area contributed by atoms with Gasteiger partial charge < -0.3 is 21.3 Å². The summed E-state index contributed by atoms with van der Waals surface area (Å²) in [7, 11) is -0.611. The van der Waals surface area contributed by atoms with Gasteiger partial charge in [-0.2, -0.15) is 0 Å². The Balaban J connectivity index is 0.00000104. The minimum atomic E-state index is -0.611. The first-order valence-corrected chi connectivity index (χ1v) is 16.3. The van der Waals surface area contributed by atoms with E-state index in [1.165, 1.54) is 0 Å². The highest BCUT2D eigenvalue weighted by Crippen LogP contribution is 2.24. The number of benzene rings is 2. The fourth-order valence-electron chi connectivity index (χ4n) is 3.06. The van der Waals surface area contributed by atoms with Crippen LogP contribution in [0.1, 0.15) is 50.3 Å². The summed E-state index contributed by atoms with van der Waals surface area (Å²) in [5.74, 6) is 0. The zero-order valence-electron chi connectivity index (χ0n) is 22.3. The Bertz CT molecular complexity index is 910. The average Bonchev–Trinajstić information content (AvgIpc) is 2.75. The maximum absolute atomic E-state index is 12.6. The Labute approximate surface area is 207 Å². The number of hydrogen-bond acceptors (Lipinski definition) is 2. The van der Waals surface area contributed by atoms with E-state index >= 15 is 0 Å². The third kappa shape index (κ3) is 11.4. The fraction of sp³-hybridized carbons (Fsp3) is 0.481. The first-order chi connectivity index (χ1) is 16.0. The largest absolute Gasteiger partial charge is 0.338 e. The molecule has 4 amide bonds. The summed E-state index contributed by atoms with van der Waals surface area (Å²) in [6.45, 7) is 18.1. The van der Waals surface area contributed by atoms with E-state index in [4.69, 9.17) is 0 Å². The van der Waals surface area contributed by atoms with Crippen LogP contribution in [0.15, 0.2) is 36.4 Å². The van der Waals surface area contributed by atoms with Crippen molar-refractivity contribution in [2.24, 2.45) is 0 Å². The van der Waals surface area contributed by atoms with Crippen molar-refractivity contribution in [3.8, 4) is 0 Å². The molecule has 0 saturated carbocycles. The molecule has 0 saturated heterocycles. The molecule has 0 aliphatic heterocycles. The van der Waals surface area contributed by atoms with E-state index in [1.807, 2.05) is 37.3 Å². The number of para-hydroxylation sites is 1. The number of unbranched alkanes of at least 4 members (excludes halogenated alkanes) is 1. The lowest BCUT2D eigenvalue weighted by atomic mass is 10.0. The van der Waals surface area contributed by atoms with Crippen molar-refractivity contribution < 1.29 is 9.59 Å². The van der Waals surface area contributed by atoms with Gasteiger partial charge in [0.1, 0.15) is 0 Å². The van der Waals surface area contributed by atoms with Crippen molar-refractivity contribution in [3.05, 3.63) is 53.1 Å². The van der Waals surface area contributed by atoms with Gasteiger partial charge in [-0.3, -0.25) is 0 Å². The topological polar surface area (TPSA) is 82.3 Å². The van der Waals surface area contributed by atoms with Crippen molar-refractivity contribution in [1.82, 2.24) is 5.32 Å². The molecule has 4 N–H and O–H groups in total. The van der Waals surface area contributed by atoms with Crippen molar-refractivity contribution in [2.45, 2.75) is 79.6 Å². The number of nitrogens with one attached hydrogen (secondary N) is 4. The van der Waals surface area contributed by atoms with E-state index in [0.29, 0.717) is 17.9 Å². The SMILES string of the molecule is CCCCNC(=O)Nc1cc(NC(=O)Nc2c(CC)cccc2CC)ccc1C.C[Si](C)(C)C. The van der Waals surface area contributed by atoms with Gasteiger partial charge in [0, 0.05) is 31.7 Å². The second-order valence-corrected chi connectivity index (χ2v) is 16.0. The van der Waals surface area contributed by atoms with E-state index in [0.717, 1.165) is 48.1 Å². The molecule has 6 nitrogen and oxygen atoms in total. The molecule has 7 heteroatoms. The normalized spacial score (nSPS) is 10.6. The van der Waals surface area contributed by atoms with Gasteiger partial charge in [0.2, 0.25) is 0 Å². The van der Waals surface area contributed by atoms with Crippen molar-refractivity contribution in [3.63, 3.8) is 0 Å². The monoisotopic (exact) mass is 484 g/mol. The van der Waals surface area contributed by atoms with Crippen molar-refractivity contribution in [2.75, 3.05) is 22.5 Å². The molecule has 0 bridgehead atoms. The molecule has 0 unspecified atom stereocenters. The summed E-state index contributed by atoms with van der Waals surface area (Å²) >= 11 is 0. The van der Waals surface area contributed by atoms with Gasteiger partial charge in [-0.1, -0.05) is 77.6 Å². The number of aryl methyl sites for hydroxylation is 3. The molecule has 0 fully saturated rings. The highest BCUT2D eigenvalue weighted by Gasteiger charge is 2.11. The molecule has 0 aliphatic rings. The van der Waals surface area contributed by atoms with E-state index in [9.17, 15) is 9.59 Å². The third-order valence-electron chi connectivity index (χ3n) is 4.80. The first kappa shape index (κ1) is 29.2. The van der Waals surface area contributed by atoms with Gasteiger partial charge in [-0.15, -0.1) is 0 Å². The lowest BCUT2D eigenvalue weighted by molar-refractivity contribution is 0.252. The van der Waals surface area contributed by atoms with Crippen LogP contribution in [0, 0.1) is 6.92 Å². The van der Waals surface area contributed by atoms with Crippen LogP contribution in [0.5, 0.6) is 0 Å².